The first-order valence-corrected chi connectivity index (χ1v) is 20.0. The number of H-pyrrole nitrogens is 1. The number of aliphatic hydroxyl groups excluding tert-OH is 1. The van der Waals surface area contributed by atoms with Gasteiger partial charge < -0.3 is 34.8 Å². The minimum Gasteiger partial charge on any atom is -0.657 e. The third kappa shape index (κ3) is 8.14. The second-order valence-corrected chi connectivity index (χ2v) is 15.8. The van der Waals surface area contributed by atoms with Crippen LogP contribution in [-0.2, 0) is 25.5 Å². The van der Waals surface area contributed by atoms with Gasteiger partial charge in [0.2, 0.25) is 0 Å². The number of aromatic amines is 1. The van der Waals surface area contributed by atoms with Crippen LogP contribution in [0.2, 0.25) is 0 Å². The fraction of sp³-hybridized carbons (Fsp3) is 0.478. The van der Waals surface area contributed by atoms with Crippen molar-refractivity contribution in [3.8, 4) is 0 Å². The number of fused-ring (bicyclic) bond motifs is 8. The van der Waals surface area contributed by atoms with Crippen molar-refractivity contribution in [2.75, 3.05) is 13.7 Å². The standard InChI is InChI=1S/C46H58N4O5.Mg/c1-11-24(4)15-14-16-25(5)19-20-55-39(51)18-17-32-28(8)35-21-33-26(6)30(12-2)37(47-33)22-34-27(7)31(13-3)38(48-34)23-36-29(9)40-44(50-36)41(43(32)49-35)42(45(40)52)46(53)54-10;/h12,19,21-24,28,32,42-43,49-50,52H,2,11,13-18,20H2,1,3-10H3;/q-2;+2/b25-19+,34-22-,35-21-,38-23-;/t24-,28+,32+,42-,43?;/m1./s1. The molecule has 56 heavy (non-hydrogen) atoms. The Hall–Kier alpha value is -4.15. The Labute approximate surface area is 347 Å². The number of hydrogen-bond donors (Lipinski definition) is 3. The van der Waals surface area contributed by atoms with E-state index in [1.165, 1.54) is 25.5 Å². The average Bonchev–Trinajstić information content (AvgIpc) is 3.90. The number of rotatable bonds is 13. The second kappa shape index (κ2) is 18.0. The molecular weight excluding hydrogens is 713 g/mol. The van der Waals surface area contributed by atoms with Crippen molar-refractivity contribution in [2.45, 2.75) is 106 Å². The molecule has 1 fully saturated rings. The van der Waals surface area contributed by atoms with Crippen LogP contribution in [0.25, 0.3) is 35.6 Å². The van der Waals surface area contributed by atoms with Crippen LogP contribution in [0, 0.1) is 44.4 Å². The smallest absolute Gasteiger partial charge is 0.657 e. The zero-order valence-corrected chi connectivity index (χ0v) is 36.2. The zero-order valence-electron chi connectivity index (χ0n) is 34.8. The number of allylic oxidation sites excluding steroid dienone is 2. The summed E-state index contributed by atoms with van der Waals surface area (Å²) in [6, 6.07) is -0.412. The number of esters is 2. The van der Waals surface area contributed by atoms with E-state index in [9.17, 15) is 14.7 Å². The van der Waals surface area contributed by atoms with Crippen molar-refractivity contribution >= 4 is 70.6 Å². The SMILES string of the molecule is C=Cc1c2[n-]c(c1C)/C=C1\NC(C3=c4[nH]c(c(C)c4=C(O)[C@@H]3C(=O)OC)/C=c3\[n-]/c(c(C)c3CC)=C\2)[C@@H](CCC(=O)OC/C=C(\C)CCC[C@H](C)CC)[C@@H]1C.[Mg+2]. The molecule has 8 bridgehead atoms. The summed E-state index contributed by atoms with van der Waals surface area (Å²) in [6.07, 6.45) is 16.1. The van der Waals surface area contributed by atoms with E-state index < -0.39 is 17.9 Å². The molecule has 0 aromatic carbocycles. The topological polar surface area (TPSA) is 129 Å². The first-order valence-electron chi connectivity index (χ1n) is 20.0. The minimum absolute atomic E-state index is 0. The number of nitrogens with zero attached hydrogens (tertiary/aromatic N) is 2. The van der Waals surface area contributed by atoms with Gasteiger partial charge in [-0.15, -0.1) is 22.1 Å². The molecule has 2 aliphatic heterocycles. The van der Waals surface area contributed by atoms with Gasteiger partial charge in [0, 0.05) is 28.9 Å². The Morgan fingerprint density at radius 3 is 2.46 bits per heavy atom. The van der Waals surface area contributed by atoms with Crippen LogP contribution in [0.5, 0.6) is 0 Å². The van der Waals surface area contributed by atoms with Gasteiger partial charge in [-0.25, -0.2) is 0 Å². The Balaban J connectivity index is 0.00000600. The molecule has 10 heteroatoms. The monoisotopic (exact) mass is 770 g/mol. The van der Waals surface area contributed by atoms with Crippen LogP contribution in [0.1, 0.15) is 118 Å². The van der Waals surface area contributed by atoms with Crippen molar-refractivity contribution in [3.05, 3.63) is 90.1 Å². The van der Waals surface area contributed by atoms with Crippen molar-refractivity contribution in [1.82, 2.24) is 20.3 Å². The molecule has 1 aliphatic carbocycles. The summed E-state index contributed by atoms with van der Waals surface area (Å²) in [4.78, 5) is 40.6. The number of carbonyl (C=O) groups is 2. The van der Waals surface area contributed by atoms with Crippen molar-refractivity contribution in [3.63, 3.8) is 0 Å². The van der Waals surface area contributed by atoms with Crippen LogP contribution in [0.3, 0.4) is 0 Å². The normalized spacial score (nSPS) is 22.5. The number of nitrogens with one attached hydrogen (secondary N) is 2. The summed E-state index contributed by atoms with van der Waals surface area (Å²) in [5, 5.41) is 18.6. The van der Waals surface area contributed by atoms with Crippen LogP contribution in [0.15, 0.2) is 23.9 Å². The van der Waals surface area contributed by atoms with Crippen LogP contribution in [-0.4, -0.2) is 64.8 Å². The number of hydrogen-bond acceptors (Lipinski definition) is 6. The van der Waals surface area contributed by atoms with Gasteiger partial charge in [-0.05, 0) is 88.0 Å². The van der Waals surface area contributed by atoms with Crippen LogP contribution in [0.4, 0.5) is 0 Å². The van der Waals surface area contributed by atoms with Gasteiger partial charge in [0.25, 0.3) is 0 Å². The Morgan fingerprint density at radius 1 is 1.04 bits per heavy atom. The summed E-state index contributed by atoms with van der Waals surface area (Å²) in [7, 11) is 1.35. The molecule has 0 spiro atoms. The van der Waals surface area contributed by atoms with E-state index in [1.807, 2.05) is 31.2 Å². The molecule has 294 valence electrons. The van der Waals surface area contributed by atoms with Gasteiger partial charge in [0.15, 0.2) is 0 Å². The predicted octanol–water partition coefficient (Wildman–Crippen LogP) is 5.02. The van der Waals surface area contributed by atoms with E-state index in [-0.39, 0.29) is 59.6 Å². The van der Waals surface area contributed by atoms with Gasteiger partial charge in [-0.1, -0.05) is 93.7 Å². The minimum atomic E-state index is -1.01. The molecule has 0 radical (unpaired) electrons. The summed E-state index contributed by atoms with van der Waals surface area (Å²) >= 11 is 0. The van der Waals surface area contributed by atoms with Crippen molar-refractivity contribution < 1.29 is 24.2 Å². The Kier molecular flexibility index (Phi) is 13.8. The maximum absolute atomic E-state index is 13.6. The molecule has 0 amide bonds. The first kappa shape index (κ1) is 43.0. The number of carbonyl (C=O) groups excluding carboxylic acids is 2. The molecule has 3 aromatic rings. The quantitative estimate of drug-likeness (QED) is 0.126. The molecular formula is C46H58MgN4O5. The summed E-state index contributed by atoms with van der Waals surface area (Å²) in [5.74, 6) is -1.30. The van der Waals surface area contributed by atoms with Gasteiger partial charge in [0.05, 0.1) is 18.5 Å². The molecule has 5 heterocycles. The van der Waals surface area contributed by atoms with Gasteiger partial charge >= 0.3 is 35.0 Å². The molecule has 1 saturated heterocycles. The van der Waals surface area contributed by atoms with E-state index in [1.54, 1.807) is 0 Å². The van der Waals surface area contributed by atoms with E-state index in [0.29, 0.717) is 22.6 Å². The predicted molar refractivity (Wildman–Crippen MR) is 225 cm³/mol. The molecule has 3 aromatic heterocycles. The molecule has 9 nitrogen and oxygen atoms in total. The molecule has 3 aliphatic rings. The maximum Gasteiger partial charge on any atom is 2.00 e. The Morgan fingerprint density at radius 2 is 1.79 bits per heavy atom. The third-order valence-corrected chi connectivity index (χ3v) is 12.5. The van der Waals surface area contributed by atoms with E-state index in [2.05, 4.69) is 71.4 Å². The van der Waals surface area contributed by atoms with E-state index >= 15 is 0 Å². The summed E-state index contributed by atoms with van der Waals surface area (Å²) in [6.45, 7) is 21.4. The maximum atomic E-state index is 13.6. The number of methoxy groups -OCH3 is 1. The fourth-order valence-electron chi connectivity index (χ4n) is 8.79. The van der Waals surface area contributed by atoms with Crippen LogP contribution < -0.4 is 36.6 Å². The largest absolute Gasteiger partial charge is 2.00 e. The van der Waals surface area contributed by atoms with Gasteiger partial charge in [0.1, 0.15) is 18.3 Å². The molecule has 6 rings (SSSR count). The average molecular weight is 771 g/mol. The Bertz CT molecular complexity index is 2320. The summed E-state index contributed by atoms with van der Waals surface area (Å²) < 4.78 is 11.0. The fourth-order valence-corrected chi connectivity index (χ4v) is 8.79. The second-order valence-electron chi connectivity index (χ2n) is 15.8. The van der Waals surface area contributed by atoms with E-state index in [0.717, 1.165) is 86.5 Å². The van der Waals surface area contributed by atoms with Gasteiger partial charge in [-0.2, -0.15) is 0 Å². The molecule has 3 N–H and O–H groups in total. The molecule has 1 unspecified atom stereocenters. The molecule has 5 atom stereocenters. The van der Waals surface area contributed by atoms with Crippen molar-refractivity contribution in [1.29, 1.82) is 0 Å². The number of ether oxygens (including phenoxy) is 2. The number of aromatic nitrogens is 3. The zero-order chi connectivity index (χ0) is 39.7. The van der Waals surface area contributed by atoms with E-state index in [4.69, 9.17) is 19.4 Å². The summed E-state index contributed by atoms with van der Waals surface area (Å²) in [5.41, 5.74) is 10.3. The van der Waals surface area contributed by atoms with Gasteiger partial charge in [-0.3, -0.25) is 9.59 Å². The molecule has 0 saturated carbocycles. The van der Waals surface area contributed by atoms with Crippen LogP contribution >= 0.6 is 0 Å². The number of aliphatic hydroxyl groups is 1. The third-order valence-electron chi connectivity index (χ3n) is 12.5. The van der Waals surface area contributed by atoms with Crippen molar-refractivity contribution in [2.24, 2.45) is 23.7 Å². The first-order chi connectivity index (χ1) is 26.3.